The van der Waals surface area contributed by atoms with Gasteiger partial charge in [-0.15, -0.1) is 0 Å². The zero-order chi connectivity index (χ0) is 9.84. The molecule has 0 radical (unpaired) electrons. The van der Waals surface area contributed by atoms with E-state index >= 15 is 0 Å². The van der Waals surface area contributed by atoms with Gasteiger partial charge in [0.15, 0.2) is 0 Å². The third-order valence-electron chi connectivity index (χ3n) is 1.54. The van der Waals surface area contributed by atoms with Gasteiger partial charge in [0.2, 0.25) is 0 Å². The van der Waals surface area contributed by atoms with E-state index in [9.17, 15) is 9.59 Å². The number of anilines is 1. The van der Waals surface area contributed by atoms with Crippen LogP contribution in [0, 0.1) is 0 Å². The molecule has 1 aromatic heterocycles. The van der Waals surface area contributed by atoms with Crippen molar-refractivity contribution in [3.8, 4) is 0 Å². The Morgan fingerprint density at radius 2 is 1.92 bits per heavy atom. The third-order valence-corrected chi connectivity index (χ3v) is 1.54. The second-order valence-electron chi connectivity index (χ2n) is 2.37. The van der Waals surface area contributed by atoms with Crippen molar-refractivity contribution in [3.63, 3.8) is 0 Å². The van der Waals surface area contributed by atoms with Crippen molar-refractivity contribution in [2.45, 2.75) is 0 Å². The van der Waals surface area contributed by atoms with E-state index in [-0.39, 0.29) is 0 Å². The molecule has 68 valence electrons. The molecule has 5 nitrogen and oxygen atoms in total. The van der Waals surface area contributed by atoms with Crippen molar-refractivity contribution < 1.29 is 14.7 Å². The van der Waals surface area contributed by atoms with Crippen molar-refractivity contribution in [3.05, 3.63) is 24.5 Å². The Balaban J connectivity index is 2.86. The molecule has 0 aromatic carbocycles. The normalized spacial score (nSPS) is 9.31. The number of aromatic nitrogens is 1. The summed E-state index contributed by atoms with van der Waals surface area (Å²) in [7, 11) is 1.39. The average molecular weight is 180 g/mol. The minimum absolute atomic E-state index is 0.502. The molecule has 1 aromatic rings. The van der Waals surface area contributed by atoms with Crippen LogP contribution in [0.5, 0.6) is 0 Å². The first-order chi connectivity index (χ1) is 6.13. The van der Waals surface area contributed by atoms with Crippen LogP contribution in [-0.4, -0.2) is 29.0 Å². The van der Waals surface area contributed by atoms with Crippen molar-refractivity contribution in [2.75, 3.05) is 11.9 Å². The molecular weight excluding hydrogens is 172 g/mol. The van der Waals surface area contributed by atoms with E-state index < -0.39 is 11.9 Å². The lowest BCUT2D eigenvalue weighted by Gasteiger charge is -2.13. The van der Waals surface area contributed by atoms with Crippen molar-refractivity contribution in [2.24, 2.45) is 0 Å². The first-order valence-corrected chi connectivity index (χ1v) is 3.54. The van der Waals surface area contributed by atoms with Crippen LogP contribution in [0.15, 0.2) is 24.5 Å². The summed E-state index contributed by atoms with van der Waals surface area (Å²) in [5, 5.41) is 8.41. The van der Waals surface area contributed by atoms with Gasteiger partial charge in [0.05, 0.1) is 0 Å². The number of carbonyl (C=O) groups excluding carboxylic acids is 1. The molecule has 0 aliphatic carbocycles. The lowest BCUT2D eigenvalue weighted by atomic mass is 10.3. The molecule has 0 spiro atoms. The van der Waals surface area contributed by atoms with E-state index in [0.29, 0.717) is 5.69 Å². The zero-order valence-electron chi connectivity index (χ0n) is 6.97. The number of pyridine rings is 1. The summed E-state index contributed by atoms with van der Waals surface area (Å²) < 4.78 is 0. The Labute approximate surface area is 74.6 Å². The highest BCUT2D eigenvalue weighted by molar-refractivity contribution is 6.37. The average Bonchev–Trinajstić information content (AvgIpc) is 2.17. The molecule has 1 amide bonds. The number of likely N-dealkylation sites (N-methyl/N-ethyl adjacent to an activating group) is 1. The highest BCUT2D eigenvalue weighted by Crippen LogP contribution is 2.09. The maximum absolute atomic E-state index is 10.9. The fourth-order valence-electron chi connectivity index (χ4n) is 0.828. The van der Waals surface area contributed by atoms with E-state index in [0.717, 1.165) is 4.90 Å². The van der Waals surface area contributed by atoms with Crippen molar-refractivity contribution in [1.29, 1.82) is 0 Å². The van der Waals surface area contributed by atoms with E-state index in [2.05, 4.69) is 4.98 Å². The van der Waals surface area contributed by atoms with Gasteiger partial charge < -0.3 is 10.0 Å². The molecular formula is C8H8N2O3. The van der Waals surface area contributed by atoms with Crippen LogP contribution in [-0.2, 0) is 9.59 Å². The fraction of sp³-hybridized carbons (Fsp3) is 0.125. The van der Waals surface area contributed by atoms with E-state index in [1.54, 1.807) is 12.1 Å². The van der Waals surface area contributed by atoms with Gasteiger partial charge in [-0.25, -0.2) is 4.79 Å². The van der Waals surface area contributed by atoms with Gasteiger partial charge in [-0.05, 0) is 12.1 Å². The highest BCUT2D eigenvalue weighted by Gasteiger charge is 2.17. The van der Waals surface area contributed by atoms with Crippen LogP contribution in [0.2, 0.25) is 0 Å². The summed E-state index contributed by atoms with van der Waals surface area (Å²) in [6, 6.07) is 3.11. The molecule has 1 heterocycles. The number of carboxylic acid groups (broad SMARTS) is 1. The Morgan fingerprint density at radius 1 is 1.38 bits per heavy atom. The topological polar surface area (TPSA) is 70.5 Å². The Hall–Kier alpha value is -1.91. The number of carbonyl (C=O) groups is 2. The molecule has 0 saturated heterocycles. The van der Waals surface area contributed by atoms with Gasteiger partial charge >= 0.3 is 11.9 Å². The molecule has 0 fully saturated rings. The SMILES string of the molecule is CN(C(=O)C(=O)O)c1ccncc1. The van der Waals surface area contributed by atoms with Crippen LogP contribution in [0.4, 0.5) is 5.69 Å². The molecule has 0 saturated carbocycles. The number of rotatable bonds is 1. The second kappa shape index (κ2) is 3.66. The highest BCUT2D eigenvalue weighted by atomic mass is 16.4. The van der Waals surface area contributed by atoms with Gasteiger partial charge in [0.25, 0.3) is 0 Å². The number of carboxylic acids is 1. The predicted octanol–water partition coefficient (Wildman–Crippen LogP) is 0.129. The van der Waals surface area contributed by atoms with E-state index in [4.69, 9.17) is 5.11 Å². The standard InChI is InChI=1S/C8H8N2O3/c1-10(7(11)8(12)13)6-2-4-9-5-3-6/h2-5H,1H3,(H,12,13). The largest absolute Gasteiger partial charge is 0.474 e. The molecule has 0 bridgehead atoms. The number of hydrogen-bond donors (Lipinski definition) is 1. The predicted molar refractivity (Wildman–Crippen MR) is 45.3 cm³/mol. The molecule has 5 heteroatoms. The van der Waals surface area contributed by atoms with Gasteiger partial charge in [0.1, 0.15) is 0 Å². The van der Waals surface area contributed by atoms with Gasteiger partial charge in [0, 0.05) is 25.1 Å². The van der Waals surface area contributed by atoms with Gasteiger partial charge in [-0.1, -0.05) is 0 Å². The van der Waals surface area contributed by atoms with Crippen LogP contribution in [0.25, 0.3) is 0 Å². The van der Waals surface area contributed by atoms with Gasteiger partial charge in [-0.3, -0.25) is 9.78 Å². The lowest BCUT2D eigenvalue weighted by Crippen LogP contribution is -2.32. The lowest BCUT2D eigenvalue weighted by molar-refractivity contribution is -0.148. The maximum Gasteiger partial charge on any atom is 0.394 e. The minimum Gasteiger partial charge on any atom is -0.474 e. The molecule has 0 aliphatic heterocycles. The third kappa shape index (κ3) is 2.02. The fourth-order valence-corrected chi connectivity index (χ4v) is 0.828. The summed E-state index contributed by atoms with van der Waals surface area (Å²) in [5.41, 5.74) is 0.502. The first-order valence-electron chi connectivity index (χ1n) is 3.54. The summed E-state index contributed by atoms with van der Waals surface area (Å²) in [5.74, 6) is -2.44. The van der Waals surface area contributed by atoms with Gasteiger partial charge in [-0.2, -0.15) is 0 Å². The quantitative estimate of drug-likeness (QED) is 0.623. The maximum atomic E-state index is 10.9. The summed E-state index contributed by atoms with van der Waals surface area (Å²) in [4.78, 5) is 26.0. The molecule has 1 rings (SSSR count). The molecule has 0 atom stereocenters. The molecule has 1 N–H and O–H groups in total. The Bertz CT molecular complexity index is 323. The minimum atomic E-state index is -1.47. The smallest absolute Gasteiger partial charge is 0.394 e. The number of hydrogen-bond acceptors (Lipinski definition) is 3. The van der Waals surface area contributed by atoms with E-state index in [1.165, 1.54) is 19.4 Å². The number of nitrogens with zero attached hydrogens (tertiary/aromatic N) is 2. The number of amides is 1. The van der Waals surface area contributed by atoms with Crippen LogP contribution < -0.4 is 4.90 Å². The summed E-state index contributed by atoms with van der Waals surface area (Å²) >= 11 is 0. The van der Waals surface area contributed by atoms with Crippen LogP contribution >= 0.6 is 0 Å². The first kappa shape index (κ1) is 9.18. The Kier molecular flexibility index (Phi) is 2.59. The van der Waals surface area contributed by atoms with Crippen molar-refractivity contribution >= 4 is 17.6 Å². The number of aliphatic carboxylic acids is 1. The van der Waals surface area contributed by atoms with Crippen LogP contribution in [0.1, 0.15) is 0 Å². The van der Waals surface area contributed by atoms with E-state index in [1.807, 2.05) is 0 Å². The van der Waals surface area contributed by atoms with Crippen molar-refractivity contribution in [1.82, 2.24) is 4.98 Å². The van der Waals surface area contributed by atoms with Crippen LogP contribution in [0.3, 0.4) is 0 Å². The molecule has 0 unspecified atom stereocenters. The monoisotopic (exact) mass is 180 g/mol. The zero-order valence-corrected chi connectivity index (χ0v) is 6.97. The Morgan fingerprint density at radius 3 is 2.38 bits per heavy atom. The molecule has 0 aliphatic rings. The second-order valence-corrected chi connectivity index (χ2v) is 2.37. The summed E-state index contributed by atoms with van der Waals surface area (Å²) in [6.45, 7) is 0. The molecule has 13 heavy (non-hydrogen) atoms. The summed E-state index contributed by atoms with van der Waals surface area (Å²) in [6.07, 6.45) is 2.97.